The molecule has 0 spiro atoms. The number of anilines is 2. The van der Waals surface area contributed by atoms with Crippen LogP contribution in [-0.4, -0.2) is 23.3 Å². The molecule has 142 valence electrons. The van der Waals surface area contributed by atoms with E-state index in [0.29, 0.717) is 16.3 Å². The van der Waals surface area contributed by atoms with Crippen LogP contribution in [0.1, 0.15) is 9.67 Å². The summed E-state index contributed by atoms with van der Waals surface area (Å²) in [5, 5.41) is 18.1. The van der Waals surface area contributed by atoms with Crippen LogP contribution in [0.2, 0.25) is 0 Å². The lowest BCUT2D eigenvalue weighted by molar-refractivity contribution is -0.385. The Labute approximate surface area is 163 Å². The molecule has 28 heavy (non-hydrogen) atoms. The average molecular weight is 397 g/mol. The number of nitrogens with one attached hydrogen (secondary N) is 2. The fraction of sp³-hybridized carbons (Fsp3) is 0.0526. The normalized spacial score (nSPS) is 10.1. The Bertz CT molecular complexity index is 1000. The van der Waals surface area contributed by atoms with Crippen LogP contribution in [0.4, 0.5) is 17.1 Å². The smallest absolute Gasteiger partial charge is 0.310 e. The molecule has 0 aliphatic rings. The van der Waals surface area contributed by atoms with Crippen LogP contribution in [-0.2, 0) is 4.79 Å². The van der Waals surface area contributed by atoms with Crippen LogP contribution in [0.15, 0.2) is 66.0 Å². The van der Waals surface area contributed by atoms with Crippen molar-refractivity contribution in [3.63, 3.8) is 0 Å². The molecule has 8 nitrogen and oxygen atoms in total. The van der Waals surface area contributed by atoms with E-state index in [2.05, 4.69) is 10.6 Å². The number of thiophene rings is 1. The number of carbonyl (C=O) groups is 2. The summed E-state index contributed by atoms with van der Waals surface area (Å²) in [4.78, 5) is 35.1. The third-order valence-corrected chi connectivity index (χ3v) is 4.44. The van der Waals surface area contributed by atoms with Gasteiger partial charge in [-0.05, 0) is 35.7 Å². The van der Waals surface area contributed by atoms with Gasteiger partial charge in [0.25, 0.3) is 11.8 Å². The molecule has 0 bridgehead atoms. The number of para-hydroxylation sites is 2. The Morgan fingerprint density at radius 2 is 1.75 bits per heavy atom. The molecule has 1 heterocycles. The lowest BCUT2D eigenvalue weighted by Gasteiger charge is -2.09. The van der Waals surface area contributed by atoms with E-state index in [-0.39, 0.29) is 17.3 Å². The lowest BCUT2D eigenvalue weighted by atomic mass is 10.2. The van der Waals surface area contributed by atoms with Gasteiger partial charge in [0.15, 0.2) is 12.4 Å². The summed E-state index contributed by atoms with van der Waals surface area (Å²) in [6, 6.07) is 16.0. The first-order valence-corrected chi connectivity index (χ1v) is 9.02. The van der Waals surface area contributed by atoms with Crippen LogP contribution in [0.25, 0.3) is 0 Å². The first-order valence-electron chi connectivity index (χ1n) is 8.14. The van der Waals surface area contributed by atoms with Crippen molar-refractivity contribution >= 4 is 40.2 Å². The molecule has 3 rings (SSSR count). The van der Waals surface area contributed by atoms with Gasteiger partial charge >= 0.3 is 5.69 Å². The number of benzene rings is 2. The van der Waals surface area contributed by atoms with E-state index in [9.17, 15) is 19.7 Å². The zero-order valence-electron chi connectivity index (χ0n) is 14.5. The second-order valence-electron chi connectivity index (χ2n) is 5.57. The van der Waals surface area contributed by atoms with Gasteiger partial charge in [-0.2, -0.15) is 0 Å². The molecular weight excluding hydrogens is 382 g/mol. The summed E-state index contributed by atoms with van der Waals surface area (Å²) in [6.07, 6.45) is 0. The Hall–Kier alpha value is -3.72. The van der Waals surface area contributed by atoms with E-state index in [1.165, 1.54) is 29.5 Å². The number of rotatable bonds is 7. The highest BCUT2D eigenvalue weighted by atomic mass is 32.1. The minimum absolute atomic E-state index is 0.0135. The van der Waals surface area contributed by atoms with E-state index in [0.717, 1.165) is 0 Å². The summed E-state index contributed by atoms with van der Waals surface area (Å²) >= 11 is 1.33. The molecule has 2 amide bonds. The molecule has 0 aliphatic heterocycles. The van der Waals surface area contributed by atoms with Crippen molar-refractivity contribution in [3.05, 3.63) is 81.0 Å². The molecule has 0 unspecified atom stereocenters. The molecule has 0 saturated carbocycles. The topological polar surface area (TPSA) is 111 Å². The standard InChI is InChI=1S/C19H15N3O5S/c23-18(12-27-16-8-2-1-7-15(16)22(25)26)20-13-5-3-6-14(11-13)21-19(24)17-9-4-10-28-17/h1-11H,12H2,(H,20,23)(H,21,24). The van der Waals surface area contributed by atoms with Gasteiger partial charge in [0.2, 0.25) is 0 Å². The summed E-state index contributed by atoms with van der Waals surface area (Å²) in [5.74, 6) is -0.710. The number of amides is 2. The van der Waals surface area contributed by atoms with Crippen molar-refractivity contribution in [3.8, 4) is 5.75 Å². The third-order valence-electron chi connectivity index (χ3n) is 3.57. The maximum absolute atomic E-state index is 12.1. The average Bonchev–Trinajstić information content (AvgIpc) is 3.22. The lowest BCUT2D eigenvalue weighted by Crippen LogP contribution is -2.20. The minimum atomic E-state index is -0.576. The third kappa shape index (κ3) is 4.92. The molecule has 0 fully saturated rings. The van der Waals surface area contributed by atoms with Gasteiger partial charge in [0, 0.05) is 17.4 Å². The first-order chi connectivity index (χ1) is 13.5. The van der Waals surface area contributed by atoms with Gasteiger partial charge in [-0.25, -0.2) is 0 Å². The van der Waals surface area contributed by atoms with E-state index in [4.69, 9.17) is 4.74 Å². The van der Waals surface area contributed by atoms with Crippen molar-refractivity contribution < 1.29 is 19.2 Å². The fourth-order valence-corrected chi connectivity index (χ4v) is 2.96. The highest BCUT2D eigenvalue weighted by molar-refractivity contribution is 7.12. The van der Waals surface area contributed by atoms with Gasteiger partial charge in [-0.1, -0.05) is 24.3 Å². The van der Waals surface area contributed by atoms with E-state index in [1.807, 2.05) is 5.38 Å². The SMILES string of the molecule is O=C(COc1ccccc1[N+](=O)[O-])Nc1cccc(NC(=O)c2cccs2)c1. The van der Waals surface area contributed by atoms with Crippen LogP contribution < -0.4 is 15.4 Å². The summed E-state index contributed by atoms with van der Waals surface area (Å²) in [5.41, 5.74) is 0.768. The summed E-state index contributed by atoms with van der Waals surface area (Å²) in [6.45, 7) is -0.392. The summed E-state index contributed by atoms with van der Waals surface area (Å²) < 4.78 is 5.25. The number of nitro groups is 1. The molecule has 2 N–H and O–H groups in total. The molecule has 0 aliphatic carbocycles. The maximum atomic E-state index is 12.1. The quantitative estimate of drug-likeness (QED) is 0.464. The van der Waals surface area contributed by atoms with E-state index >= 15 is 0 Å². The number of ether oxygens (including phenoxy) is 1. The van der Waals surface area contributed by atoms with Crippen LogP contribution >= 0.6 is 11.3 Å². The molecular formula is C19H15N3O5S. The second kappa shape index (κ2) is 8.78. The van der Waals surface area contributed by atoms with Crippen molar-refractivity contribution in [2.75, 3.05) is 17.2 Å². The largest absolute Gasteiger partial charge is 0.477 e. The molecule has 0 saturated heterocycles. The second-order valence-corrected chi connectivity index (χ2v) is 6.52. The highest BCUT2D eigenvalue weighted by Gasteiger charge is 2.15. The predicted octanol–water partition coefficient (Wildman–Crippen LogP) is 3.93. The number of nitro benzene ring substituents is 1. The Kier molecular flexibility index (Phi) is 5.97. The van der Waals surface area contributed by atoms with Crippen LogP contribution in [0.5, 0.6) is 5.75 Å². The number of nitrogens with zero attached hydrogens (tertiary/aromatic N) is 1. The minimum Gasteiger partial charge on any atom is -0.477 e. The van der Waals surface area contributed by atoms with Crippen molar-refractivity contribution in [1.82, 2.24) is 0 Å². The molecule has 3 aromatic rings. The van der Waals surface area contributed by atoms with Crippen molar-refractivity contribution in [1.29, 1.82) is 0 Å². The van der Waals surface area contributed by atoms with E-state index in [1.54, 1.807) is 42.5 Å². The number of hydrogen-bond acceptors (Lipinski definition) is 6. The van der Waals surface area contributed by atoms with Gasteiger partial charge in [0.1, 0.15) is 0 Å². The Morgan fingerprint density at radius 3 is 2.46 bits per heavy atom. The molecule has 1 aromatic heterocycles. The monoisotopic (exact) mass is 397 g/mol. The van der Waals surface area contributed by atoms with Crippen molar-refractivity contribution in [2.24, 2.45) is 0 Å². The van der Waals surface area contributed by atoms with Crippen LogP contribution in [0, 0.1) is 10.1 Å². The Morgan fingerprint density at radius 1 is 1.00 bits per heavy atom. The highest BCUT2D eigenvalue weighted by Crippen LogP contribution is 2.25. The van der Waals surface area contributed by atoms with Crippen molar-refractivity contribution in [2.45, 2.75) is 0 Å². The van der Waals surface area contributed by atoms with E-state index < -0.39 is 17.4 Å². The van der Waals surface area contributed by atoms with Gasteiger partial charge in [-0.3, -0.25) is 19.7 Å². The first kappa shape index (κ1) is 19.1. The zero-order valence-corrected chi connectivity index (χ0v) is 15.3. The summed E-state index contributed by atoms with van der Waals surface area (Å²) in [7, 11) is 0. The van der Waals surface area contributed by atoms with Crippen LogP contribution in [0.3, 0.4) is 0 Å². The number of hydrogen-bond donors (Lipinski definition) is 2. The predicted molar refractivity (Wildman–Crippen MR) is 106 cm³/mol. The maximum Gasteiger partial charge on any atom is 0.310 e. The molecule has 0 radical (unpaired) electrons. The van der Waals surface area contributed by atoms with Gasteiger partial charge in [0.05, 0.1) is 9.80 Å². The molecule has 9 heteroatoms. The Balaban J connectivity index is 1.59. The zero-order chi connectivity index (χ0) is 19.9. The molecule has 0 atom stereocenters. The molecule has 2 aromatic carbocycles. The van der Waals surface area contributed by atoms with Gasteiger partial charge in [-0.15, -0.1) is 11.3 Å². The van der Waals surface area contributed by atoms with Gasteiger partial charge < -0.3 is 15.4 Å². The number of carbonyl (C=O) groups excluding carboxylic acids is 2. The fourth-order valence-electron chi connectivity index (χ4n) is 2.35.